The molecule has 0 unspecified atom stereocenters. The van der Waals surface area contributed by atoms with E-state index in [1.165, 1.54) is 4.90 Å². The number of benzene rings is 2. The van der Waals surface area contributed by atoms with Crippen LogP contribution in [0.1, 0.15) is 24.2 Å². The molecule has 3 rings (SSSR count). The van der Waals surface area contributed by atoms with Crippen LogP contribution in [-0.2, 0) is 4.79 Å². The van der Waals surface area contributed by atoms with Crippen LogP contribution in [0.3, 0.4) is 0 Å². The second-order valence-electron chi connectivity index (χ2n) is 8.22. The Hall–Kier alpha value is -3.06. The van der Waals surface area contributed by atoms with Crippen molar-refractivity contribution in [2.24, 2.45) is 0 Å². The second-order valence-corrected chi connectivity index (χ2v) is 8.22. The number of ether oxygens (including phenoxy) is 1. The number of nitrogens with zero attached hydrogens (tertiary/aromatic N) is 3. The fraction of sp³-hybridized carbons (Fsp3) is 0.417. The molecule has 0 saturated carbocycles. The molecule has 0 radical (unpaired) electrons. The van der Waals surface area contributed by atoms with Crippen molar-refractivity contribution in [1.82, 2.24) is 9.80 Å². The number of carbonyl (C=O) groups excluding carboxylic acids is 2. The van der Waals surface area contributed by atoms with E-state index in [2.05, 4.69) is 29.0 Å². The van der Waals surface area contributed by atoms with Crippen LogP contribution >= 0.6 is 0 Å². The number of carbonyl (C=O) groups is 2. The van der Waals surface area contributed by atoms with Gasteiger partial charge in [-0.3, -0.25) is 14.5 Å². The Morgan fingerprint density at radius 3 is 2.13 bits per heavy atom. The molecule has 7 nitrogen and oxygen atoms in total. The van der Waals surface area contributed by atoms with Crippen LogP contribution in [0.25, 0.3) is 0 Å². The van der Waals surface area contributed by atoms with Crippen LogP contribution in [0.4, 0.5) is 11.4 Å². The summed E-state index contributed by atoms with van der Waals surface area (Å²) in [5.41, 5.74) is 2.43. The van der Waals surface area contributed by atoms with E-state index >= 15 is 0 Å². The first kappa shape index (κ1) is 22.6. The van der Waals surface area contributed by atoms with Crippen molar-refractivity contribution in [3.8, 4) is 5.75 Å². The lowest BCUT2D eigenvalue weighted by Gasteiger charge is -2.38. The number of likely N-dealkylation sites (N-methyl/N-ethyl adjacent to an activating group) is 1. The number of nitrogens with one attached hydrogen (secondary N) is 1. The van der Waals surface area contributed by atoms with Gasteiger partial charge in [0.05, 0.1) is 0 Å². The van der Waals surface area contributed by atoms with Crippen molar-refractivity contribution in [3.05, 3.63) is 54.1 Å². The third kappa shape index (κ3) is 6.21. The molecule has 166 valence electrons. The summed E-state index contributed by atoms with van der Waals surface area (Å²) in [6, 6.07) is 15.3. The minimum absolute atomic E-state index is 0.0163. The van der Waals surface area contributed by atoms with E-state index in [1.54, 1.807) is 38.4 Å². The van der Waals surface area contributed by atoms with E-state index in [9.17, 15) is 9.59 Å². The van der Waals surface area contributed by atoms with Crippen LogP contribution in [0.2, 0.25) is 0 Å². The zero-order chi connectivity index (χ0) is 22.4. The summed E-state index contributed by atoms with van der Waals surface area (Å²) in [4.78, 5) is 30.5. The first-order valence-corrected chi connectivity index (χ1v) is 10.7. The minimum Gasteiger partial charge on any atom is -0.484 e. The summed E-state index contributed by atoms with van der Waals surface area (Å²) in [7, 11) is 3.37. The lowest BCUT2D eigenvalue weighted by atomic mass is 10.1. The SMILES string of the molecule is CC(C)N1CCN(c2ccc(C(=O)Nc3ccc(OCC(=O)N(C)C)cc3)cc2)CC1. The first-order valence-electron chi connectivity index (χ1n) is 10.7. The third-order valence-corrected chi connectivity index (χ3v) is 5.51. The molecule has 1 N–H and O–H groups in total. The van der Waals surface area contributed by atoms with Crippen molar-refractivity contribution in [1.29, 1.82) is 0 Å². The molecule has 1 fully saturated rings. The minimum atomic E-state index is -0.160. The molecule has 31 heavy (non-hydrogen) atoms. The quantitative estimate of drug-likeness (QED) is 0.740. The summed E-state index contributed by atoms with van der Waals surface area (Å²) >= 11 is 0. The van der Waals surface area contributed by atoms with Crippen LogP contribution in [-0.4, -0.2) is 74.5 Å². The zero-order valence-corrected chi connectivity index (χ0v) is 18.8. The third-order valence-electron chi connectivity index (χ3n) is 5.51. The highest BCUT2D eigenvalue weighted by Crippen LogP contribution is 2.20. The lowest BCUT2D eigenvalue weighted by molar-refractivity contribution is -0.130. The normalized spacial score (nSPS) is 14.4. The van der Waals surface area contributed by atoms with Gasteiger partial charge in [-0.05, 0) is 62.4 Å². The van der Waals surface area contributed by atoms with Crippen molar-refractivity contribution >= 4 is 23.2 Å². The number of piperazine rings is 1. The van der Waals surface area contributed by atoms with Gasteiger partial charge in [0.2, 0.25) is 0 Å². The average molecular weight is 425 g/mol. The van der Waals surface area contributed by atoms with Gasteiger partial charge in [0.1, 0.15) is 5.75 Å². The van der Waals surface area contributed by atoms with Gasteiger partial charge in [0.25, 0.3) is 11.8 Å². The van der Waals surface area contributed by atoms with E-state index in [0.717, 1.165) is 31.9 Å². The zero-order valence-electron chi connectivity index (χ0n) is 18.8. The highest BCUT2D eigenvalue weighted by atomic mass is 16.5. The average Bonchev–Trinajstić information content (AvgIpc) is 2.78. The number of hydrogen-bond acceptors (Lipinski definition) is 5. The number of anilines is 2. The molecule has 7 heteroatoms. The van der Waals surface area contributed by atoms with Gasteiger partial charge < -0.3 is 19.9 Å². The predicted molar refractivity (Wildman–Crippen MR) is 124 cm³/mol. The molecule has 0 atom stereocenters. The largest absolute Gasteiger partial charge is 0.484 e. The molecule has 2 aromatic carbocycles. The molecule has 0 spiro atoms. The van der Waals surface area contributed by atoms with Crippen LogP contribution in [0.5, 0.6) is 5.75 Å². The highest BCUT2D eigenvalue weighted by molar-refractivity contribution is 6.04. The van der Waals surface area contributed by atoms with E-state index in [1.807, 2.05) is 24.3 Å². The summed E-state index contributed by atoms with van der Waals surface area (Å²) < 4.78 is 5.45. The van der Waals surface area contributed by atoms with E-state index < -0.39 is 0 Å². The molecule has 2 amide bonds. The maximum atomic E-state index is 12.6. The molecule has 0 aliphatic carbocycles. The van der Waals surface area contributed by atoms with Gasteiger partial charge in [0, 0.05) is 63.3 Å². The molecular formula is C24H32N4O3. The van der Waals surface area contributed by atoms with Gasteiger partial charge in [-0.15, -0.1) is 0 Å². The first-order chi connectivity index (χ1) is 14.8. The van der Waals surface area contributed by atoms with Gasteiger partial charge >= 0.3 is 0 Å². The Morgan fingerprint density at radius 2 is 1.58 bits per heavy atom. The Morgan fingerprint density at radius 1 is 0.968 bits per heavy atom. The van der Waals surface area contributed by atoms with E-state index in [-0.39, 0.29) is 18.4 Å². The summed E-state index contributed by atoms with van der Waals surface area (Å²) in [6.07, 6.45) is 0. The Bertz CT molecular complexity index is 871. The molecule has 0 bridgehead atoms. The van der Waals surface area contributed by atoms with Crippen LogP contribution < -0.4 is 15.0 Å². The maximum absolute atomic E-state index is 12.6. The molecule has 1 heterocycles. The smallest absolute Gasteiger partial charge is 0.259 e. The van der Waals surface area contributed by atoms with Gasteiger partial charge in [-0.2, -0.15) is 0 Å². The topological polar surface area (TPSA) is 65.1 Å². The van der Waals surface area contributed by atoms with E-state index in [0.29, 0.717) is 23.0 Å². The monoisotopic (exact) mass is 424 g/mol. The summed E-state index contributed by atoms with van der Waals surface area (Å²) in [6.45, 7) is 8.56. The van der Waals surface area contributed by atoms with E-state index in [4.69, 9.17) is 4.74 Å². The highest BCUT2D eigenvalue weighted by Gasteiger charge is 2.19. The van der Waals surface area contributed by atoms with Gasteiger partial charge in [0.15, 0.2) is 6.61 Å². The van der Waals surface area contributed by atoms with Crippen molar-refractivity contribution in [3.63, 3.8) is 0 Å². The maximum Gasteiger partial charge on any atom is 0.259 e. The lowest BCUT2D eigenvalue weighted by Crippen LogP contribution is -2.48. The molecule has 0 aromatic heterocycles. The Balaban J connectivity index is 1.52. The number of hydrogen-bond donors (Lipinski definition) is 1. The molecule has 1 saturated heterocycles. The summed E-state index contributed by atoms with van der Waals surface area (Å²) in [5.74, 6) is 0.311. The molecule has 2 aromatic rings. The molecule has 1 aliphatic rings. The van der Waals surface area contributed by atoms with Crippen molar-refractivity contribution in [2.75, 3.05) is 57.1 Å². The standard InChI is InChI=1S/C24H32N4O3/c1-18(2)27-13-15-28(16-14-27)21-9-5-19(6-10-21)24(30)25-20-7-11-22(12-8-20)31-17-23(29)26(3)4/h5-12,18H,13-17H2,1-4H3,(H,25,30). The second kappa shape index (κ2) is 10.3. The fourth-order valence-electron chi connectivity index (χ4n) is 3.43. The Kier molecular flexibility index (Phi) is 7.52. The van der Waals surface area contributed by atoms with Crippen molar-refractivity contribution < 1.29 is 14.3 Å². The van der Waals surface area contributed by atoms with Crippen LogP contribution in [0, 0.1) is 0 Å². The van der Waals surface area contributed by atoms with Crippen molar-refractivity contribution in [2.45, 2.75) is 19.9 Å². The summed E-state index contributed by atoms with van der Waals surface area (Å²) in [5, 5.41) is 2.90. The molecular weight excluding hydrogens is 392 g/mol. The number of amides is 2. The predicted octanol–water partition coefficient (Wildman–Crippen LogP) is 2.94. The Labute approximate surface area is 184 Å². The van der Waals surface area contributed by atoms with Crippen LogP contribution in [0.15, 0.2) is 48.5 Å². The molecule has 1 aliphatic heterocycles. The van der Waals surface area contributed by atoms with Gasteiger partial charge in [-0.1, -0.05) is 0 Å². The fourth-order valence-corrected chi connectivity index (χ4v) is 3.43. The number of rotatable bonds is 7. The van der Waals surface area contributed by atoms with Gasteiger partial charge in [-0.25, -0.2) is 0 Å².